The maximum Gasteiger partial charge on any atom is 0.227 e. The topological polar surface area (TPSA) is 47.4 Å². The Morgan fingerprint density at radius 1 is 1.42 bits per heavy atom. The number of hydrogen-bond donors (Lipinski definition) is 0. The zero-order chi connectivity index (χ0) is 16.5. The summed E-state index contributed by atoms with van der Waals surface area (Å²) >= 11 is 0. The average molecular weight is 325 g/mol. The van der Waals surface area contributed by atoms with Gasteiger partial charge in [-0.1, -0.05) is 12.1 Å². The number of ether oxygens (including phenoxy) is 1. The first-order valence-electron chi connectivity index (χ1n) is 8.72. The van der Waals surface area contributed by atoms with Crippen LogP contribution in [-0.2, 0) is 17.6 Å². The second-order valence-corrected chi connectivity index (χ2v) is 6.73. The molecule has 1 atom stereocenters. The van der Waals surface area contributed by atoms with Gasteiger partial charge >= 0.3 is 0 Å². The third-order valence-corrected chi connectivity index (χ3v) is 5.11. The number of nitrogens with zero attached hydrogens (tertiary/aromatic N) is 3. The number of likely N-dealkylation sites (tertiary alicyclic amines) is 1. The third-order valence-electron chi connectivity index (χ3n) is 5.11. The van der Waals surface area contributed by atoms with Crippen LogP contribution in [0.4, 0.5) is 0 Å². The van der Waals surface area contributed by atoms with Gasteiger partial charge in [0.1, 0.15) is 11.6 Å². The molecule has 0 spiro atoms. The van der Waals surface area contributed by atoms with Crippen molar-refractivity contribution >= 4 is 5.91 Å². The number of hydrogen-bond acceptors (Lipinski definition) is 3. The fourth-order valence-electron chi connectivity index (χ4n) is 3.82. The van der Waals surface area contributed by atoms with Crippen LogP contribution in [0.1, 0.15) is 35.8 Å². The first-order valence-corrected chi connectivity index (χ1v) is 8.72. The van der Waals surface area contributed by atoms with Crippen LogP contribution >= 0.6 is 0 Å². The van der Waals surface area contributed by atoms with Crippen molar-refractivity contribution in [3.63, 3.8) is 0 Å². The average Bonchev–Trinajstić information content (AvgIpc) is 3.23. The van der Waals surface area contributed by atoms with E-state index in [-0.39, 0.29) is 5.91 Å². The zero-order valence-corrected chi connectivity index (χ0v) is 14.1. The maximum absolute atomic E-state index is 12.7. The summed E-state index contributed by atoms with van der Waals surface area (Å²) in [6, 6.07) is 6.49. The third kappa shape index (κ3) is 2.90. The number of piperidine rings is 1. The van der Waals surface area contributed by atoms with Gasteiger partial charge in [0.05, 0.1) is 19.1 Å². The number of aromatic nitrogens is 2. The largest absolute Gasteiger partial charge is 0.493 e. The number of carbonyl (C=O) groups excluding carboxylic acids is 1. The number of carbonyl (C=O) groups is 1. The minimum absolute atomic E-state index is 0.219. The number of imidazole rings is 1. The molecular formula is C19H23N3O2. The number of rotatable bonds is 3. The normalized spacial score (nSPS) is 19.9. The van der Waals surface area contributed by atoms with Crippen LogP contribution in [0.5, 0.6) is 5.75 Å². The van der Waals surface area contributed by atoms with Gasteiger partial charge < -0.3 is 14.2 Å². The predicted molar refractivity (Wildman–Crippen MR) is 91.2 cm³/mol. The molecule has 0 radical (unpaired) electrons. The van der Waals surface area contributed by atoms with Gasteiger partial charge in [-0.05, 0) is 37.0 Å². The second-order valence-electron chi connectivity index (χ2n) is 6.73. The highest BCUT2D eigenvalue weighted by Crippen LogP contribution is 2.27. The number of aryl methyl sites for hydroxylation is 1. The Balaban J connectivity index is 1.43. The predicted octanol–water partition coefficient (Wildman–Crippen LogP) is 2.53. The molecule has 0 aliphatic carbocycles. The molecule has 1 fully saturated rings. The van der Waals surface area contributed by atoms with Crippen LogP contribution in [0, 0.1) is 6.92 Å². The van der Waals surface area contributed by atoms with Crippen LogP contribution in [-0.4, -0.2) is 40.1 Å². The molecule has 2 aromatic rings. The number of fused-ring (bicyclic) bond motifs is 1. The molecule has 0 saturated carbocycles. The van der Waals surface area contributed by atoms with Crippen molar-refractivity contribution in [2.45, 2.75) is 38.6 Å². The van der Waals surface area contributed by atoms with Gasteiger partial charge in [0.25, 0.3) is 0 Å². The molecule has 3 heterocycles. The van der Waals surface area contributed by atoms with Gasteiger partial charge in [0, 0.05) is 31.9 Å². The van der Waals surface area contributed by atoms with Crippen molar-refractivity contribution in [1.29, 1.82) is 0 Å². The van der Waals surface area contributed by atoms with E-state index in [1.807, 2.05) is 36.4 Å². The molecule has 2 aliphatic heterocycles. The van der Waals surface area contributed by atoms with Gasteiger partial charge in [-0.25, -0.2) is 4.98 Å². The van der Waals surface area contributed by atoms with E-state index in [1.54, 1.807) is 0 Å². The highest BCUT2D eigenvalue weighted by molar-refractivity contribution is 5.79. The SMILES string of the molecule is Cc1nccn1[C@H]1CCCN(C(=O)Cc2ccc3c(c2)CCO3)C1. The molecule has 24 heavy (non-hydrogen) atoms. The summed E-state index contributed by atoms with van der Waals surface area (Å²) in [4.78, 5) is 19.1. The van der Waals surface area contributed by atoms with E-state index in [9.17, 15) is 4.79 Å². The Labute approximate surface area is 142 Å². The minimum atomic E-state index is 0.219. The van der Waals surface area contributed by atoms with E-state index < -0.39 is 0 Å². The fourth-order valence-corrected chi connectivity index (χ4v) is 3.82. The van der Waals surface area contributed by atoms with Crippen molar-refractivity contribution in [3.05, 3.63) is 47.5 Å². The molecule has 1 aromatic carbocycles. The summed E-state index contributed by atoms with van der Waals surface area (Å²) < 4.78 is 7.74. The van der Waals surface area contributed by atoms with E-state index in [4.69, 9.17) is 4.74 Å². The minimum Gasteiger partial charge on any atom is -0.493 e. The summed E-state index contributed by atoms with van der Waals surface area (Å²) in [7, 11) is 0. The van der Waals surface area contributed by atoms with Crippen LogP contribution in [0.2, 0.25) is 0 Å². The summed E-state index contributed by atoms with van der Waals surface area (Å²) in [6.07, 6.45) is 7.44. The summed E-state index contributed by atoms with van der Waals surface area (Å²) in [6.45, 7) is 4.42. The Hall–Kier alpha value is -2.30. The van der Waals surface area contributed by atoms with Crippen molar-refractivity contribution in [1.82, 2.24) is 14.5 Å². The Bertz CT molecular complexity index is 753. The monoisotopic (exact) mass is 325 g/mol. The van der Waals surface area contributed by atoms with Gasteiger partial charge in [-0.2, -0.15) is 0 Å². The van der Waals surface area contributed by atoms with Crippen LogP contribution in [0.15, 0.2) is 30.6 Å². The molecule has 1 amide bonds. The molecule has 126 valence electrons. The van der Waals surface area contributed by atoms with E-state index in [1.165, 1.54) is 5.56 Å². The number of amides is 1. The lowest BCUT2D eigenvalue weighted by molar-refractivity contribution is -0.132. The lowest BCUT2D eigenvalue weighted by Crippen LogP contribution is -2.41. The lowest BCUT2D eigenvalue weighted by Gasteiger charge is -2.34. The fraction of sp³-hybridized carbons (Fsp3) is 0.474. The number of benzene rings is 1. The van der Waals surface area contributed by atoms with Crippen LogP contribution < -0.4 is 4.74 Å². The molecule has 5 nitrogen and oxygen atoms in total. The lowest BCUT2D eigenvalue weighted by atomic mass is 10.0. The molecule has 4 rings (SSSR count). The first kappa shape index (κ1) is 15.2. The van der Waals surface area contributed by atoms with Crippen molar-refractivity contribution in [2.24, 2.45) is 0 Å². The maximum atomic E-state index is 12.7. The van der Waals surface area contributed by atoms with E-state index in [2.05, 4.69) is 15.6 Å². The molecule has 0 bridgehead atoms. The highest BCUT2D eigenvalue weighted by Gasteiger charge is 2.25. The summed E-state index contributed by atoms with van der Waals surface area (Å²) in [5, 5.41) is 0. The zero-order valence-electron chi connectivity index (χ0n) is 14.1. The molecular weight excluding hydrogens is 302 g/mol. The van der Waals surface area contributed by atoms with E-state index in [0.29, 0.717) is 12.5 Å². The molecule has 1 aromatic heterocycles. The van der Waals surface area contributed by atoms with Gasteiger partial charge in [0.15, 0.2) is 0 Å². The molecule has 2 aliphatic rings. The second kappa shape index (κ2) is 6.30. The Kier molecular flexibility index (Phi) is 4.00. The summed E-state index contributed by atoms with van der Waals surface area (Å²) in [5.74, 6) is 2.21. The van der Waals surface area contributed by atoms with E-state index in [0.717, 1.165) is 56.1 Å². The molecule has 5 heteroatoms. The highest BCUT2D eigenvalue weighted by atomic mass is 16.5. The van der Waals surface area contributed by atoms with Crippen LogP contribution in [0.25, 0.3) is 0 Å². The summed E-state index contributed by atoms with van der Waals surface area (Å²) in [5.41, 5.74) is 2.32. The van der Waals surface area contributed by atoms with E-state index >= 15 is 0 Å². The molecule has 1 saturated heterocycles. The Morgan fingerprint density at radius 3 is 3.17 bits per heavy atom. The van der Waals surface area contributed by atoms with Gasteiger partial charge in [-0.3, -0.25) is 4.79 Å². The molecule has 0 N–H and O–H groups in total. The van der Waals surface area contributed by atoms with Crippen molar-refractivity contribution in [2.75, 3.05) is 19.7 Å². The standard InChI is InChI=1S/C19H23N3O2/c1-14-20-7-9-22(14)17-3-2-8-21(13-17)19(23)12-15-4-5-18-16(11-15)6-10-24-18/h4-5,7,9,11,17H,2-3,6,8,10,12-13H2,1H3/t17-/m0/s1. The van der Waals surface area contributed by atoms with Crippen LogP contribution in [0.3, 0.4) is 0 Å². The Morgan fingerprint density at radius 2 is 2.33 bits per heavy atom. The quantitative estimate of drug-likeness (QED) is 0.871. The molecule has 0 unspecified atom stereocenters. The van der Waals surface area contributed by atoms with Gasteiger partial charge in [0.2, 0.25) is 5.91 Å². The van der Waals surface area contributed by atoms with Crippen molar-refractivity contribution in [3.8, 4) is 5.75 Å². The van der Waals surface area contributed by atoms with Crippen molar-refractivity contribution < 1.29 is 9.53 Å². The first-order chi connectivity index (χ1) is 11.7. The van der Waals surface area contributed by atoms with Gasteiger partial charge in [-0.15, -0.1) is 0 Å². The smallest absolute Gasteiger partial charge is 0.227 e.